The quantitative estimate of drug-likeness (QED) is 0.875. The highest BCUT2D eigenvalue weighted by Gasteiger charge is 2.16. The maximum Gasteiger partial charge on any atom is 0.129 e. The Labute approximate surface area is 118 Å². The number of nitrogens with zero attached hydrogens (tertiary/aromatic N) is 2. The molecular weight excluding hydrogens is 254 g/mol. The highest BCUT2D eigenvalue weighted by Crippen LogP contribution is 2.22. The number of aryl methyl sites for hydroxylation is 1. The Morgan fingerprint density at radius 3 is 2.50 bits per heavy atom. The minimum atomic E-state index is -0.629. The summed E-state index contributed by atoms with van der Waals surface area (Å²) in [5, 5.41) is 13.5. The molecule has 20 heavy (non-hydrogen) atoms. The first-order chi connectivity index (χ1) is 9.60. The average molecular weight is 273 g/mol. The summed E-state index contributed by atoms with van der Waals surface area (Å²) in [6.45, 7) is 3.81. The van der Waals surface area contributed by atoms with Crippen molar-refractivity contribution in [3.63, 3.8) is 0 Å². The molecule has 0 bridgehead atoms. The van der Waals surface area contributed by atoms with E-state index in [1.54, 1.807) is 7.11 Å². The molecular formula is C15H19N3O2. The molecule has 5 heteroatoms. The fourth-order valence-corrected chi connectivity index (χ4v) is 1.94. The maximum atomic E-state index is 10.3. The van der Waals surface area contributed by atoms with Gasteiger partial charge in [0.2, 0.25) is 0 Å². The summed E-state index contributed by atoms with van der Waals surface area (Å²) < 4.78 is 5.10. The number of benzene rings is 1. The Hall–Kier alpha value is -2.14. The smallest absolute Gasteiger partial charge is 0.129 e. The Bertz CT molecular complexity index is 557. The van der Waals surface area contributed by atoms with Gasteiger partial charge in [-0.15, -0.1) is 0 Å². The molecule has 0 amide bonds. The number of anilines is 1. The lowest BCUT2D eigenvalue weighted by Crippen LogP contribution is -2.24. The van der Waals surface area contributed by atoms with Gasteiger partial charge in [0.05, 0.1) is 19.3 Å². The van der Waals surface area contributed by atoms with Crippen molar-refractivity contribution in [3.8, 4) is 5.75 Å². The van der Waals surface area contributed by atoms with E-state index >= 15 is 0 Å². The van der Waals surface area contributed by atoms with Crippen LogP contribution in [0.15, 0.2) is 36.7 Å². The predicted octanol–water partition coefficient (Wildman–Crippen LogP) is 2.33. The molecule has 2 N–H and O–H groups in total. The van der Waals surface area contributed by atoms with Crippen LogP contribution in [0.1, 0.15) is 24.3 Å². The summed E-state index contributed by atoms with van der Waals surface area (Å²) in [6.07, 6.45) is 0.876. The normalized spacial score (nSPS) is 13.6. The Morgan fingerprint density at radius 1 is 1.20 bits per heavy atom. The molecule has 2 aromatic rings. The van der Waals surface area contributed by atoms with E-state index in [9.17, 15) is 5.11 Å². The van der Waals surface area contributed by atoms with Crippen LogP contribution in [-0.2, 0) is 0 Å². The van der Waals surface area contributed by atoms with Gasteiger partial charge in [-0.3, -0.25) is 0 Å². The number of aromatic nitrogens is 2. The third kappa shape index (κ3) is 3.45. The summed E-state index contributed by atoms with van der Waals surface area (Å²) in [6, 6.07) is 9.05. The molecule has 1 aromatic heterocycles. The van der Waals surface area contributed by atoms with Crippen LogP contribution in [0.5, 0.6) is 5.75 Å². The fourth-order valence-electron chi connectivity index (χ4n) is 1.94. The van der Waals surface area contributed by atoms with Crippen molar-refractivity contribution in [3.05, 3.63) is 47.9 Å². The minimum absolute atomic E-state index is 0.169. The molecule has 0 spiro atoms. The summed E-state index contributed by atoms with van der Waals surface area (Å²) in [5.74, 6) is 1.48. The molecule has 0 fully saturated rings. The average Bonchev–Trinajstić information content (AvgIpc) is 2.46. The molecule has 0 unspecified atom stereocenters. The Morgan fingerprint density at radius 2 is 1.90 bits per heavy atom. The molecule has 0 saturated carbocycles. The third-order valence-corrected chi connectivity index (χ3v) is 3.11. The standard InChI is InChI=1S/C15H19N3O2/c1-10-8-14(17-9-16-10)18-11(2)15(19)12-4-6-13(20-3)7-5-12/h4-9,11,15,19H,1-3H3,(H,16,17,18)/t11-,15+/m0/s1. The molecule has 1 aromatic carbocycles. The molecule has 0 aliphatic heterocycles. The van der Waals surface area contributed by atoms with E-state index in [1.165, 1.54) is 6.33 Å². The maximum absolute atomic E-state index is 10.3. The summed E-state index contributed by atoms with van der Waals surface area (Å²) in [4.78, 5) is 8.17. The number of rotatable bonds is 5. The SMILES string of the molecule is COc1ccc([C@H](O)[C@H](C)Nc2cc(C)ncn2)cc1. The lowest BCUT2D eigenvalue weighted by atomic mass is 10.0. The molecule has 0 radical (unpaired) electrons. The van der Waals surface area contributed by atoms with Crippen LogP contribution < -0.4 is 10.1 Å². The third-order valence-electron chi connectivity index (χ3n) is 3.11. The van der Waals surface area contributed by atoms with Crippen molar-refractivity contribution in [2.24, 2.45) is 0 Å². The van der Waals surface area contributed by atoms with Gasteiger partial charge in [0, 0.05) is 11.8 Å². The second-order valence-electron chi connectivity index (χ2n) is 4.70. The van der Waals surface area contributed by atoms with Gasteiger partial charge < -0.3 is 15.2 Å². The van der Waals surface area contributed by atoms with Crippen molar-refractivity contribution in [2.75, 3.05) is 12.4 Å². The zero-order chi connectivity index (χ0) is 14.5. The number of hydrogen-bond acceptors (Lipinski definition) is 5. The lowest BCUT2D eigenvalue weighted by Gasteiger charge is -2.21. The van der Waals surface area contributed by atoms with E-state index in [0.717, 1.165) is 17.0 Å². The van der Waals surface area contributed by atoms with Gasteiger partial charge in [-0.2, -0.15) is 0 Å². The fraction of sp³-hybridized carbons (Fsp3) is 0.333. The monoisotopic (exact) mass is 273 g/mol. The van der Waals surface area contributed by atoms with E-state index in [0.29, 0.717) is 5.82 Å². The topological polar surface area (TPSA) is 67.3 Å². The molecule has 2 rings (SSSR count). The van der Waals surface area contributed by atoms with Crippen LogP contribution in [0, 0.1) is 6.92 Å². The van der Waals surface area contributed by atoms with Crippen molar-refractivity contribution in [1.82, 2.24) is 9.97 Å². The second kappa shape index (κ2) is 6.34. The predicted molar refractivity (Wildman–Crippen MR) is 77.8 cm³/mol. The summed E-state index contributed by atoms with van der Waals surface area (Å²) in [7, 11) is 1.62. The van der Waals surface area contributed by atoms with Gasteiger partial charge >= 0.3 is 0 Å². The van der Waals surface area contributed by atoms with Gasteiger partial charge in [0.1, 0.15) is 17.9 Å². The number of ether oxygens (including phenoxy) is 1. The number of aliphatic hydroxyl groups excluding tert-OH is 1. The van der Waals surface area contributed by atoms with Gasteiger partial charge in [0.25, 0.3) is 0 Å². The van der Waals surface area contributed by atoms with E-state index in [4.69, 9.17) is 4.74 Å². The molecule has 5 nitrogen and oxygen atoms in total. The number of nitrogens with one attached hydrogen (secondary N) is 1. The largest absolute Gasteiger partial charge is 0.497 e. The number of aliphatic hydroxyl groups is 1. The first kappa shape index (κ1) is 14.3. The van der Waals surface area contributed by atoms with E-state index in [1.807, 2.05) is 44.2 Å². The van der Waals surface area contributed by atoms with Crippen LogP contribution in [0.3, 0.4) is 0 Å². The Kier molecular flexibility index (Phi) is 4.53. The zero-order valence-electron chi connectivity index (χ0n) is 11.9. The Balaban J connectivity index is 2.05. The van der Waals surface area contributed by atoms with E-state index < -0.39 is 6.10 Å². The van der Waals surface area contributed by atoms with Gasteiger partial charge in [0.15, 0.2) is 0 Å². The van der Waals surface area contributed by atoms with E-state index in [-0.39, 0.29) is 6.04 Å². The van der Waals surface area contributed by atoms with Crippen LogP contribution in [0.2, 0.25) is 0 Å². The number of hydrogen-bond donors (Lipinski definition) is 2. The second-order valence-corrected chi connectivity index (χ2v) is 4.70. The lowest BCUT2D eigenvalue weighted by molar-refractivity contribution is 0.160. The van der Waals surface area contributed by atoms with Crippen LogP contribution >= 0.6 is 0 Å². The van der Waals surface area contributed by atoms with Crippen molar-refractivity contribution in [1.29, 1.82) is 0 Å². The minimum Gasteiger partial charge on any atom is -0.497 e. The number of methoxy groups -OCH3 is 1. The highest BCUT2D eigenvalue weighted by atomic mass is 16.5. The first-order valence-electron chi connectivity index (χ1n) is 6.47. The van der Waals surface area contributed by atoms with Gasteiger partial charge in [-0.05, 0) is 31.5 Å². The zero-order valence-corrected chi connectivity index (χ0v) is 11.9. The summed E-state index contributed by atoms with van der Waals surface area (Å²) in [5.41, 5.74) is 1.71. The van der Waals surface area contributed by atoms with Crippen molar-refractivity contribution >= 4 is 5.82 Å². The molecule has 0 aliphatic carbocycles. The van der Waals surface area contributed by atoms with Crippen LogP contribution in [0.4, 0.5) is 5.82 Å². The molecule has 2 atom stereocenters. The van der Waals surface area contributed by atoms with Crippen molar-refractivity contribution < 1.29 is 9.84 Å². The molecule has 106 valence electrons. The molecule has 0 saturated heterocycles. The van der Waals surface area contributed by atoms with Gasteiger partial charge in [-0.1, -0.05) is 12.1 Å². The highest BCUT2D eigenvalue weighted by molar-refractivity contribution is 5.37. The van der Waals surface area contributed by atoms with E-state index in [2.05, 4.69) is 15.3 Å². The first-order valence-corrected chi connectivity index (χ1v) is 6.47. The van der Waals surface area contributed by atoms with Crippen molar-refractivity contribution in [2.45, 2.75) is 26.0 Å². The summed E-state index contributed by atoms with van der Waals surface area (Å²) >= 11 is 0. The van der Waals surface area contributed by atoms with Crippen LogP contribution in [-0.4, -0.2) is 28.2 Å². The molecule has 0 aliphatic rings. The van der Waals surface area contributed by atoms with Gasteiger partial charge in [-0.25, -0.2) is 9.97 Å². The molecule has 1 heterocycles. The van der Waals surface area contributed by atoms with Crippen LogP contribution in [0.25, 0.3) is 0 Å².